The molecule has 0 saturated carbocycles. The van der Waals surface area contributed by atoms with Crippen LogP contribution in [0.5, 0.6) is 0 Å². The Hall–Kier alpha value is -2.13. The normalized spacial score (nSPS) is 18.4. The number of carbonyl (C=O) groups is 1. The maximum atomic E-state index is 13.0. The summed E-state index contributed by atoms with van der Waals surface area (Å²) in [6, 6.07) is 16.8. The molecule has 118 valence electrons. The number of hydrogen-bond acceptors (Lipinski definition) is 2. The number of fused-ring (bicyclic) bond motifs is 2. The first-order valence-electron chi connectivity index (χ1n) is 8.44. The molecular weight excluding hydrogens is 284 g/mol. The van der Waals surface area contributed by atoms with E-state index in [1.165, 1.54) is 16.7 Å². The summed E-state index contributed by atoms with van der Waals surface area (Å²) in [6.45, 7) is 4.70. The fourth-order valence-corrected chi connectivity index (χ4v) is 3.80. The molecule has 2 aliphatic rings. The van der Waals surface area contributed by atoms with E-state index in [-0.39, 0.29) is 11.9 Å². The quantitative estimate of drug-likeness (QED) is 0.851. The lowest BCUT2D eigenvalue weighted by atomic mass is 9.98. The molecule has 3 heteroatoms. The Balaban J connectivity index is 1.52. The van der Waals surface area contributed by atoms with Crippen LogP contribution >= 0.6 is 0 Å². The molecule has 0 spiro atoms. The van der Waals surface area contributed by atoms with Crippen LogP contribution in [0.4, 0.5) is 5.69 Å². The summed E-state index contributed by atoms with van der Waals surface area (Å²) in [5.74, 6) is 0.231. The highest BCUT2D eigenvalue weighted by atomic mass is 16.2. The fraction of sp³-hybridized carbons (Fsp3) is 0.350. The number of anilines is 1. The first-order valence-corrected chi connectivity index (χ1v) is 8.44. The second-order valence-corrected chi connectivity index (χ2v) is 6.53. The highest BCUT2D eigenvalue weighted by Gasteiger charge is 2.32. The third kappa shape index (κ3) is 2.55. The SMILES string of the molecule is C[C@@H](C(=O)N1CCc2ccccc21)N1CCc2ccccc2C1. The number of amides is 1. The summed E-state index contributed by atoms with van der Waals surface area (Å²) in [4.78, 5) is 17.3. The third-order valence-electron chi connectivity index (χ3n) is 5.22. The molecule has 0 aliphatic carbocycles. The van der Waals surface area contributed by atoms with Gasteiger partial charge in [-0.25, -0.2) is 0 Å². The van der Waals surface area contributed by atoms with Crippen LogP contribution in [0.3, 0.4) is 0 Å². The average molecular weight is 306 g/mol. The van der Waals surface area contributed by atoms with E-state index in [2.05, 4.69) is 54.3 Å². The topological polar surface area (TPSA) is 23.6 Å². The Bertz CT molecular complexity index is 740. The minimum absolute atomic E-state index is 0.0745. The molecule has 2 aliphatic heterocycles. The molecular formula is C20H22N2O. The summed E-state index contributed by atoms with van der Waals surface area (Å²) >= 11 is 0. The lowest BCUT2D eigenvalue weighted by molar-refractivity contribution is -0.123. The molecule has 0 fully saturated rings. The van der Waals surface area contributed by atoms with Crippen molar-refractivity contribution >= 4 is 11.6 Å². The van der Waals surface area contributed by atoms with Crippen molar-refractivity contribution < 1.29 is 4.79 Å². The van der Waals surface area contributed by atoms with Crippen LogP contribution < -0.4 is 4.90 Å². The highest BCUT2D eigenvalue weighted by Crippen LogP contribution is 2.29. The number of nitrogens with zero attached hydrogens (tertiary/aromatic N) is 2. The molecule has 3 nitrogen and oxygen atoms in total. The predicted molar refractivity (Wildman–Crippen MR) is 92.5 cm³/mol. The molecule has 0 unspecified atom stereocenters. The van der Waals surface area contributed by atoms with Gasteiger partial charge in [-0.15, -0.1) is 0 Å². The minimum atomic E-state index is -0.0745. The van der Waals surface area contributed by atoms with E-state index >= 15 is 0 Å². The molecule has 2 aromatic rings. The zero-order valence-corrected chi connectivity index (χ0v) is 13.5. The van der Waals surface area contributed by atoms with E-state index in [1.807, 2.05) is 11.0 Å². The van der Waals surface area contributed by atoms with E-state index in [9.17, 15) is 4.79 Å². The largest absolute Gasteiger partial charge is 0.310 e. The Labute approximate surface area is 137 Å². The van der Waals surface area contributed by atoms with E-state index in [0.29, 0.717) is 0 Å². The summed E-state index contributed by atoms with van der Waals surface area (Å²) in [5, 5.41) is 0. The molecule has 1 atom stereocenters. The highest BCUT2D eigenvalue weighted by molar-refractivity contribution is 5.98. The van der Waals surface area contributed by atoms with Crippen LogP contribution in [-0.2, 0) is 24.2 Å². The first kappa shape index (κ1) is 14.5. The maximum Gasteiger partial charge on any atom is 0.244 e. The van der Waals surface area contributed by atoms with E-state index in [0.717, 1.165) is 38.2 Å². The molecule has 2 aromatic carbocycles. The van der Waals surface area contributed by atoms with Gasteiger partial charge in [0.2, 0.25) is 5.91 Å². The van der Waals surface area contributed by atoms with Crippen LogP contribution in [-0.4, -0.2) is 29.9 Å². The van der Waals surface area contributed by atoms with Crippen LogP contribution in [0.15, 0.2) is 48.5 Å². The van der Waals surface area contributed by atoms with Gasteiger partial charge in [0.1, 0.15) is 0 Å². The van der Waals surface area contributed by atoms with Crippen molar-refractivity contribution in [2.75, 3.05) is 18.0 Å². The zero-order valence-electron chi connectivity index (χ0n) is 13.5. The Morgan fingerprint density at radius 2 is 1.57 bits per heavy atom. The second-order valence-electron chi connectivity index (χ2n) is 6.53. The molecule has 23 heavy (non-hydrogen) atoms. The lowest BCUT2D eigenvalue weighted by Crippen LogP contribution is -2.48. The van der Waals surface area contributed by atoms with Crippen molar-refractivity contribution in [2.24, 2.45) is 0 Å². The molecule has 0 N–H and O–H groups in total. The molecule has 1 amide bonds. The van der Waals surface area contributed by atoms with Gasteiger partial charge in [0.05, 0.1) is 6.04 Å². The number of carbonyl (C=O) groups excluding carboxylic acids is 1. The van der Waals surface area contributed by atoms with E-state index < -0.39 is 0 Å². The molecule has 0 radical (unpaired) electrons. The molecule has 0 saturated heterocycles. The summed E-state index contributed by atoms with van der Waals surface area (Å²) < 4.78 is 0. The van der Waals surface area contributed by atoms with Crippen molar-refractivity contribution in [3.8, 4) is 0 Å². The van der Waals surface area contributed by atoms with Gasteiger partial charge in [0.25, 0.3) is 0 Å². The van der Waals surface area contributed by atoms with Crippen LogP contribution in [0.1, 0.15) is 23.6 Å². The van der Waals surface area contributed by atoms with Crippen molar-refractivity contribution in [3.63, 3.8) is 0 Å². The van der Waals surface area contributed by atoms with Crippen molar-refractivity contribution in [3.05, 3.63) is 65.2 Å². The van der Waals surface area contributed by atoms with Gasteiger partial charge < -0.3 is 4.90 Å². The number of benzene rings is 2. The summed E-state index contributed by atoms with van der Waals surface area (Å²) in [7, 11) is 0. The van der Waals surface area contributed by atoms with Crippen LogP contribution in [0.25, 0.3) is 0 Å². The number of para-hydroxylation sites is 1. The predicted octanol–water partition coefficient (Wildman–Crippen LogP) is 3.02. The second kappa shape index (κ2) is 5.82. The van der Waals surface area contributed by atoms with Crippen molar-refractivity contribution in [1.82, 2.24) is 4.90 Å². The van der Waals surface area contributed by atoms with E-state index in [1.54, 1.807) is 0 Å². The first-order chi connectivity index (χ1) is 11.2. The van der Waals surface area contributed by atoms with Crippen LogP contribution in [0.2, 0.25) is 0 Å². The average Bonchev–Trinajstić information content (AvgIpc) is 3.04. The molecule has 0 bridgehead atoms. The smallest absolute Gasteiger partial charge is 0.244 e. The van der Waals surface area contributed by atoms with Crippen molar-refractivity contribution in [2.45, 2.75) is 32.4 Å². The van der Waals surface area contributed by atoms with Gasteiger partial charge in [0.15, 0.2) is 0 Å². The zero-order chi connectivity index (χ0) is 15.8. The fourth-order valence-electron chi connectivity index (χ4n) is 3.80. The summed E-state index contributed by atoms with van der Waals surface area (Å²) in [6.07, 6.45) is 2.00. The Kier molecular flexibility index (Phi) is 3.66. The monoisotopic (exact) mass is 306 g/mol. The van der Waals surface area contributed by atoms with E-state index in [4.69, 9.17) is 0 Å². The molecule has 4 rings (SSSR count). The standard InChI is InChI=1S/C20H22N2O/c1-15(21-12-10-16-6-2-3-8-18(16)14-21)20(23)22-13-11-17-7-4-5-9-19(17)22/h2-9,15H,10-14H2,1H3/t15-/m0/s1. The van der Waals surface area contributed by atoms with Gasteiger partial charge in [-0.2, -0.15) is 0 Å². The Morgan fingerprint density at radius 3 is 2.39 bits per heavy atom. The molecule has 2 heterocycles. The lowest BCUT2D eigenvalue weighted by Gasteiger charge is -2.34. The number of rotatable bonds is 2. The third-order valence-corrected chi connectivity index (χ3v) is 5.22. The van der Waals surface area contributed by atoms with Crippen LogP contribution in [0, 0.1) is 0 Å². The van der Waals surface area contributed by atoms with Gasteiger partial charge >= 0.3 is 0 Å². The minimum Gasteiger partial charge on any atom is -0.310 e. The maximum absolute atomic E-state index is 13.0. The van der Waals surface area contributed by atoms with Crippen molar-refractivity contribution in [1.29, 1.82) is 0 Å². The van der Waals surface area contributed by atoms with Gasteiger partial charge in [-0.3, -0.25) is 9.69 Å². The Morgan fingerprint density at radius 1 is 0.913 bits per heavy atom. The van der Waals surface area contributed by atoms with Gasteiger partial charge in [0, 0.05) is 25.3 Å². The van der Waals surface area contributed by atoms with Gasteiger partial charge in [-0.05, 0) is 42.5 Å². The summed E-state index contributed by atoms with van der Waals surface area (Å²) in [5.41, 5.74) is 5.17. The molecule has 0 aromatic heterocycles. The van der Waals surface area contributed by atoms with Gasteiger partial charge in [-0.1, -0.05) is 42.5 Å². The number of hydrogen-bond donors (Lipinski definition) is 0.